The van der Waals surface area contributed by atoms with E-state index in [1.54, 1.807) is 0 Å². The summed E-state index contributed by atoms with van der Waals surface area (Å²) in [6, 6.07) is 3.96. The van der Waals surface area contributed by atoms with Crippen molar-refractivity contribution in [3.63, 3.8) is 0 Å². The van der Waals surface area contributed by atoms with Gasteiger partial charge in [0.05, 0.1) is 12.2 Å². The van der Waals surface area contributed by atoms with E-state index in [-0.39, 0.29) is 29.5 Å². The molecule has 4 N–H and O–H groups in total. The van der Waals surface area contributed by atoms with Crippen molar-refractivity contribution >= 4 is 11.4 Å². The molecule has 0 heterocycles. The molecular formula is C34H54F2N2O. The van der Waals surface area contributed by atoms with E-state index in [4.69, 9.17) is 16.2 Å². The highest BCUT2D eigenvalue weighted by Crippen LogP contribution is 2.68. The van der Waals surface area contributed by atoms with Gasteiger partial charge in [-0.25, -0.2) is 0 Å². The van der Waals surface area contributed by atoms with Gasteiger partial charge in [-0.05, 0) is 128 Å². The van der Waals surface area contributed by atoms with Crippen molar-refractivity contribution in [1.82, 2.24) is 0 Å². The molecule has 9 atom stereocenters. The molecule has 0 aliphatic heterocycles. The molecule has 0 spiro atoms. The Balaban J connectivity index is 1.11. The maximum Gasteiger partial charge on any atom is 0.383 e. The zero-order valence-corrected chi connectivity index (χ0v) is 25.0. The molecule has 0 radical (unpaired) electrons. The van der Waals surface area contributed by atoms with E-state index in [9.17, 15) is 8.78 Å². The van der Waals surface area contributed by atoms with Crippen LogP contribution in [0, 0.1) is 52.3 Å². The highest BCUT2D eigenvalue weighted by Gasteiger charge is 2.60. The third kappa shape index (κ3) is 5.60. The first-order chi connectivity index (χ1) is 18.4. The fourth-order valence-corrected chi connectivity index (χ4v) is 10.5. The van der Waals surface area contributed by atoms with E-state index in [0.717, 1.165) is 42.4 Å². The van der Waals surface area contributed by atoms with Crippen molar-refractivity contribution < 1.29 is 13.5 Å². The SMILES string of the molecule is CC(CCC[C@@H](C)[C@H]1CC[C@H]2[C@@H]3CCC4CCCC[C@]4(C)[C@H]3CC[C@]12C)COC(F)(F)c1cc(N)cc(N)c1. The average Bonchev–Trinajstić information content (AvgIpc) is 3.24. The van der Waals surface area contributed by atoms with E-state index in [2.05, 4.69) is 20.8 Å². The first-order valence-corrected chi connectivity index (χ1v) is 16.1. The first-order valence-electron chi connectivity index (χ1n) is 16.1. The molecule has 220 valence electrons. The van der Waals surface area contributed by atoms with Crippen LogP contribution in [0.2, 0.25) is 0 Å². The molecular weight excluding hydrogens is 490 g/mol. The Labute approximate surface area is 236 Å². The molecule has 0 amide bonds. The summed E-state index contributed by atoms with van der Waals surface area (Å²) in [5.74, 6) is 5.41. The van der Waals surface area contributed by atoms with Gasteiger partial charge >= 0.3 is 6.11 Å². The summed E-state index contributed by atoms with van der Waals surface area (Å²) < 4.78 is 34.3. The highest BCUT2D eigenvalue weighted by molar-refractivity contribution is 5.54. The zero-order chi connectivity index (χ0) is 28.0. The summed E-state index contributed by atoms with van der Waals surface area (Å²) in [7, 11) is 0. The lowest BCUT2D eigenvalue weighted by Gasteiger charge is -2.61. The van der Waals surface area contributed by atoms with Crippen LogP contribution in [0.25, 0.3) is 0 Å². The van der Waals surface area contributed by atoms with Crippen molar-refractivity contribution in [3.05, 3.63) is 23.8 Å². The Hall–Kier alpha value is -1.36. The molecule has 4 aliphatic rings. The number of rotatable bonds is 9. The molecule has 4 aliphatic carbocycles. The molecule has 0 bridgehead atoms. The van der Waals surface area contributed by atoms with E-state index < -0.39 is 6.11 Å². The van der Waals surface area contributed by atoms with Crippen molar-refractivity contribution in [2.45, 2.75) is 117 Å². The molecule has 2 unspecified atom stereocenters. The van der Waals surface area contributed by atoms with E-state index >= 15 is 0 Å². The normalized spacial score (nSPS) is 37.9. The monoisotopic (exact) mass is 544 g/mol. The fourth-order valence-electron chi connectivity index (χ4n) is 10.5. The van der Waals surface area contributed by atoms with Crippen molar-refractivity contribution in [1.29, 1.82) is 0 Å². The third-order valence-electron chi connectivity index (χ3n) is 12.6. The number of halogens is 2. The summed E-state index contributed by atoms with van der Waals surface area (Å²) in [5.41, 5.74) is 12.7. The molecule has 1 aromatic carbocycles. The maximum atomic E-state index is 14.6. The van der Waals surface area contributed by atoms with Crippen LogP contribution in [0.4, 0.5) is 20.2 Å². The predicted octanol–water partition coefficient (Wildman–Crippen LogP) is 9.41. The standard InChI is InChI=1S/C34H54F2N2O/c1-22(21-39-34(35,36)25-18-26(37)20-27(38)19-25)8-7-9-23(2)29-13-14-30-28-12-11-24-10-5-6-16-32(24,3)31(28)15-17-33(29,30)4/h18-20,22-24,28-31H,5-17,21,37-38H2,1-4H3/t22?,23-,24?,28+,29-,30+,31+,32+,33-/m1/s1. The number of hydrogen-bond acceptors (Lipinski definition) is 3. The van der Waals surface area contributed by atoms with Gasteiger partial charge < -0.3 is 16.2 Å². The van der Waals surface area contributed by atoms with Crippen molar-refractivity contribution in [2.24, 2.45) is 52.3 Å². The lowest BCUT2D eigenvalue weighted by Crippen LogP contribution is -2.53. The minimum atomic E-state index is -3.38. The molecule has 0 saturated heterocycles. The van der Waals surface area contributed by atoms with E-state index in [1.165, 1.54) is 88.8 Å². The molecule has 1 aromatic rings. The first kappa shape index (κ1) is 29.1. The average molecular weight is 545 g/mol. The van der Waals surface area contributed by atoms with Crippen LogP contribution in [-0.2, 0) is 10.8 Å². The fraction of sp³-hybridized carbons (Fsp3) is 0.824. The van der Waals surface area contributed by atoms with Gasteiger partial charge in [0.1, 0.15) is 0 Å². The summed E-state index contributed by atoms with van der Waals surface area (Å²) in [5, 5.41) is 0. The number of hydrogen-bond donors (Lipinski definition) is 2. The maximum absolute atomic E-state index is 14.6. The predicted molar refractivity (Wildman–Crippen MR) is 157 cm³/mol. The highest BCUT2D eigenvalue weighted by atomic mass is 19.3. The van der Waals surface area contributed by atoms with Crippen molar-refractivity contribution in [3.8, 4) is 0 Å². The van der Waals surface area contributed by atoms with Crippen LogP contribution in [0.5, 0.6) is 0 Å². The quantitative estimate of drug-likeness (QED) is 0.304. The molecule has 4 fully saturated rings. The number of nitrogen functional groups attached to an aromatic ring is 2. The van der Waals surface area contributed by atoms with Gasteiger partial charge in [0.25, 0.3) is 0 Å². The largest absolute Gasteiger partial charge is 0.399 e. The molecule has 0 aromatic heterocycles. The minimum absolute atomic E-state index is 0.0299. The second-order valence-electron chi connectivity index (χ2n) is 14.9. The Bertz CT molecular complexity index is 979. The number of nitrogens with two attached hydrogens (primary N) is 2. The second-order valence-corrected chi connectivity index (χ2v) is 14.9. The smallest absolute Gasteiger partial charge is 0.383 e. The van der Waals surface area contributed by atoms with Crippen LogP contribution < -0.4 is 11.5 Å². The summed E-state index contributed by atoms with van der Waals surface area (Å²) in [4.78, 5) is 0. The van der Waals surface area contributed by atoms with Crippen LogP contribution >= 0.6 is 0 Å². The van der Waals surface area contributed by atoms with Gasteiger partial charge in [0.15, 0.2) is 0 Å². The lowest BCUT2D eigenvalue weighted by molar-refractivity contribution is -0.254. The molecule has 5 rings (SSSR count). The van der Waals surface area contributed by atoms with E-state index in [0.29, 0.717) is 16.7 Å². The van der Waals surface area contributed by atoms with Crippen LogP contribution in [0.1, 0.15) is 117 Å². The zero-order valence-electron chi connectivity index (χ0n) is 25.0. The Morgan fingerprint density at radius 1 is 0.872 bits per heavy atom. The topological polar surface area (TPSA) is 61.3 Å². The lowest BCUT2D eigenvalue weighted by atomic mass is 9.44. The number of benzene rings is 1. The number of anilines is 2. The minimum Gasteiger partial charge on any atom is -0.399 e. The molecule has 3 nitrogen and oxygen atoms in total. The Kier molecular flexibility index (Phi) is 8.32. The van der Waals surface area contributed by atoms with Crippen LogP contribution in [-0.4, -0.2) is 6.61 Å². The van der Waals surface area contributed by atoms with Gasteiger partial charge in [-0.1, -0.05) is 53.4 Å². The Morgan fingerprint density at radius 3 is 2.33 bits per heavy atom. The number of fused-ring (bicyclic) bond motifs is 5. The van der Waals surface area contributed by atoms with Crippen molar-refractivity contribution in [2.75, 3.05) is 18.1 Å². The van der Waals surface area contributed by atoms with Gasteiger partial charge in [0.2, 0.25) is 0 Å². The third-order valence-corrected chi connectivity index (χ3v) is 12.6. The van der Waals surface area contributed by atoms with Gasteiger partial charge in [-0.3, -0.25) is 0 Å². The van der Waals surface area contributed by atoms with Crippen LogP contribution in [0.15, 0.2) is 18.2 Å². The number of ether oxygens (including phenoxy) is 1. The molecule has 5 heteroatoms. The summed E-state index contributed by atoms with van der Waals surface area (Å²) in [6.45, 7) is 9.85. The Morgan fingerprint density at radius 2 is 1.59 bits per heavy atom. The van der Waals surface area contributed by atoms with E-state index in [1.807, 2.05) is 6.92 Å². The summed E-state index contributed by atoms with van der Waals surface area (Å²) >= 11 is 0. The van der Waals surface area contributed by atoms with Gasteiger partial charge in [0, 0.05) is 11.4 Å². The number of alkyl halides is 2. The van der Waals surface area contributed by atoms with Gasteiger partial charge in [-0.2, -0.15) is 8.78 Å². The van der Waals surface area contributed by atoms with Gasteiger partial charge in [-0.15, -0.1) is 0 Å². The molecule has 4 saturated carbocycles. The van der Waals surface area contributed by atoms with Crippen LogP contribution in [0.3, 0.4) is 0 Å². The molecule has 39 heavy (non-hydrogen) atoms. The summed E-state index contributed by atoms with van der Waals surface area (Å²) in [6.07, 6.45) is 14.3. The second kappa shape index (κ2) is 11.1.